The minimum atomic E-state index is -0.713. The number of esters is 2. The lowest BCUT2D eigenvalue weighted by molar-refractivity contribution is -0.156. The summed E-state index contributed by atoms with van der Waals surface area (Å²) in [4.78, 5) is 49.7. The van der Waals surface area contributed by atoms with Gasteiger partial charge in [-0.2, -0.15) is 4.98 Å². The number of piperazine rings is 2. The number of anilines is 4. The van der Waals surface area contributed by atoms with Crippen molar-refractivity contribution in [2.24, 2.45) is 0 Å². The third-order valence-electron chi connectivity index (χ3n) is 7.47. The van der Waals surface area contributed by atoms with Crippen molar-refractivity contribution < 1.29 is 28.5 Å². The van der Waals surface area contributed by atoms with E-state index in [4.69, 9.17) is 46.3 Å². The molecule has 2 aromatic heterocycles. The SMILES string of the molecule is COC(=O)c1nc(Cl)c(N2CCN(c3nc(N4CCNCC4C(=O)OC(C)(C)C)c4cc(OC)c(OC)cc4n3)CC2)nc1N. The van der Waals surface area contributed by atoms with Crippen molar-refractivity contribution in [1.29, 1.82) is 0 Å². The van der Waals surface area contributed by atoms with Crippen LogP contribution in [0.3, 0.4) is 0 Å². The number of ether oxygens (including phenoxy) is 4. The Hall–Kier alpha value is -4.37. The molecule has 45 heavy (non-hydrogen) atoms. The van der Waals surface area contributed by atoms with Gasteiger partial charge in [-0.3, -0.25) is 0 Å². The second-order valence-corrected chi connectivity index (χ2v) is 11.9. The summed E-state index contributed by atoms with van der Waals surface area (Å²) in [5.41, 5.74) is 5.85. The molecule has 0 spiro atoms. The minimum absolute atomic E-state index is 0.0511. The zero-order chi connectivity index (χ0) is 32.5. The second kappa shape index (κ2) is 12.9. The van der Waals surface area contributed by atoms with Gasteiger partial charge in [-0.15, -0.1) is 0 Å². The van der Waals surface area contributed by atoms with Crippen LogP contribution >= 0.6 is 11.6 Å². The molecule has 16 heteroatoms. The van der Waals surface area contributed by atoms with Gasteiger partial charge in [0.05, 0.1) is 26.8 Å². The van der Waals surface area contributed by atoms with Gasteiger partial charge >= 0.3 is 11.9 Å². The zero-order valence-electron chi connectivity index (χ0n) is 26.2. The molecule has 1 aromatic carbocycles. The van der Waals surface area contributed by atoms with Crippen LogP contribution < -0.4 is 35.2 Å². The molecule has 3 N–H and O–H groups in total. The van der Waals surface area contributed by atoms with E-state index in [9.17, 15) is 9.59 Å². The molecule has 0 aliphatic carbocycles. The molecule has 2 saturated heterocycles. The van der Waals surface area contributed by atoms with Crippen LogP contribution in [-0.2, 0) is 14.3 Å². The molecule has 3 aromatic rings. The average Bonchev–Trinajstić information content (AvgIpc) is 3.03. The maximum atomic E-state index is 13.4. The summed E-state index contributed by atoms with van der Waals surface area (Å²) in [6.45, 7) is 9.18. The molecular weight excluding hydrogens is 606 g/mol. The Labute approximate surface area is 265 Å². The molecule has 5 rings (SSSR count). The molecule has 0 amide bonds. The molecule has 2 aliphatic rings. The summed E-state index contributed by atoms with van der Waals surface area (Å²) < 4.78 is 21.7. The Bertz CT molecular complexity index is 1590. The first-order valence-corrected chi connectivity index (χ1v) is 14.9. The number of nitrogens with two attached hydrogens (primary N) is 1. The van der Waals surface area contributed by atoms with Crippen LogP contribution in [0.15, 0.2) is 12.1 Å². The van der Waals surface area contributed by atoms with Gasteiger partial charge in [-0.1, -0.05) is 11.6 Å². The molecule has 1 unspecified atom stereocenters. The Morgan fingerprint density at radius 3 is 2.24 bits per heavy atom. The molecule has 1 atom stereocenters. The van der Waals surface area contributed by atoms with Crippen LogP contribution in [-0.4, -0.2) is 111 Å². The van der Waals surface area contributed by atoms with Crippen LogP contribution in [0, 0.1) is 0 Å². The van der Waals surface area contributed by atoms with Crippen molar-refractivity contribution in [3.8, 4) is 11.5 Å². The maximum Gasteiger partial charge on any atom is 0.360 e. The van der Waals surface area contributed by atoms with Gasteiger partial charge in [-0.05, 0) is 26.8 Å². The van der Waals surface area contributed by atoms with Crippen LogP contribution in [0.4, 0.5) is 23.4 Å². The second-order valence-electron chi connectivity index (χ2n) is 11.6. The summed E-state index contributed by atoms with van der Waals surface area (Å²) in [6, 6.07) is 3.04. The molecule has 0 saturated carbocycles. The first kappa shape index (κ1) is 32.0. The van der Waals surface area contributed by atoms with E-state index in [1.54, 1.807) is 14.2 Å². The number of fused-ring (bicyclic) bond motifs is 1. The lowest BCUT2D eigenvalue weighted by Crippen LogP contribution is -2.57. The van der Waals surface area contributed by atoms with Gasteiger partial charge in [0, 0.05) is 57.3 Å². The number of aromatic nitrogens is 4. The van der Waals surface area contributed by atoms with Crippen LogP contribution in [0.25, 0.3) is 10.9 Å². The number of rotatable bonds is 7. The number of methoxy groups -OCH3 is 3. The summed E-state index contributed by atoms with van der Waals surface area (Å²) in [7, 11) is 4.37. The molecule has 2 fully saturated rings. The quantitative estimate of drug-likeness (QED) is 0.358. The normalized spacial score (nSPS) is 17.3. The Balaban J connectivity index is 1.49. The van der Waals surface area contributed by atoms with Crippen LogP contribution in [0.2, 0.25) is 5.15 Å². The summed E-state index contributed by atoms with van der Waals surface area (Å²) >= 11 is 6.41. The monoisotopic (exact) mass is 643 g/mol. The van der Waals surface area contributed by atoms with E-state index in [0.29, 0.717) is 85.8 Å². The number of carbonyl (C=O) groups excluding carboxylic acids is 2. The maximum absolute atomic E-state index is 13.4. The fourth-order valence-corrected chi connectivity index (χ4v) is 5.56. The highest BCUT2D eigenvalue weighted by Gasteiger charge is 2.35. The number of nitrogen functional groups attached to an aromatic ring is 1. The van der Waals surface area contributed by atoms with Gasteiger partial charge < -0.3 is 44.7 Å². The first-order valence-electron chi connectivity index (χ1n) is 14.5. The Kier molecular flexibility index (Phi) is 9.20. The summed E-state index contributed by atoms with van der Waals surface area (Å²) in [5, 5.41) is 4.07. The van der Waals surface area contributed by atoms with E-state index < -0.39 is 17.6 Å². The van der Waals surface area contributed by atoms with Crippen LogP contribution in [0.5, 0.6) is 11.5 Å². The lowest BCUT2D eigenvalue weighted by Gasteiger charge is -2.38. The third-order valence-corrected chi connectivity index (χ3v) is 7.72. The van der Waals surface area contributed by atoms with Gasteiger partial charge in [-0.25, -0.2) is 24.5 Å². The fourth-order valence-electron chi connectivity index (χ4n) is 5.31. The number of benzene rings is 1. The largest absolute Gasteiger partial charge is 0.493 e. The van der Waals surface area contributed by atoms with E-state index in [1.807, 2.05) is 47.6 Å². The highest BCUT2D eigenvalue weighted by atomic mass is 35.5. The lowest BCUT2D eigenvalue weighted by atomic mass is 10.1. The summed E-state index contributed by atoms with van der Waals surface area (Å²) in [5.74, 6) is 1.39. The van der Waals surface area contributed by atoms with Crippen molar-refractivity contribution in [2.75, 3.05) is 87.6 Å². The van der Waals surface area contributed by atoms with Crippen molar-refractivity contribution in [3.05, 3.63) is 23.0 Å². The predicted molar refractivity (Wildman–Crippen MR) is 170 cm³/mol. The third kappa shape index (κ3) is 6.68. The first-order chi connectivity index (χ1) is 21.4. The van der Waals surface area contributed by atoms with E-state index in [-0.39, 0.29) is 22.6 Å². The number of nitrogens with one attached hydrogen (secondary N) is 1. The minimum Gasteiger partial charge on any atom is -0.493 e. The average molecular weight is 644 g/mol. The Morgan fingerprint density at radius 1 is 0.933 bits per heavy atom. The van der Waals surface area contributed by atoms with Gasteiger partial charge in [0.25, 0.3) is 0 Å². The van der Waals surface area contributed by atoms with Crippen LogP contribution in [0.1, 0.15) is 31.3 Å². The number of hydrogen-bond donors (Lipinski definition) is 2. The van der Waals surface area contributed by atoms with Crippen molar-refractivity contribution in [1.82, 2.24) is 25.3 Å². The van der Waals surface area contributed by atoms with E-state index >= 15 is 0 Å². The molecule has 0 radical (unpaired) electrons. The zero-order valence-corrected chi connectivity index (χ0v) is 27.0. The number of hydrogen-bond acceptors (Lipinski definition) is 15. The number of nitrogens with zero attached hydrogens (tertiary/aromatic N) is 7. The molecule has 2 aliphatic heterocycles. The molecule has 4 heterocycles. The predicted octanol–water partition coefficient (Wildman–Crippen LogP) is 1.91. The van der Waals surface area contributed by atoms with E-state index in [2.05, 4.69) is 15.3 Å². The van der Waals surface area contributed by atoms with E-state index in [1.165, 1.54) is 7.11 Å². The smallest absolute Gasteiger partial charge is 0.360 e. The van der Waals surface area contributed by atoms with E-state index in [0.717, 1.165) is 0 Å². The van der Waals surface area contributed by atoms with Crippen molar-refractivity contribution in [3.63, 3.8) is 0 Å². The van der Waals surface area contributed by atoms with Gasteiger partial charge in [0.2, 0.25) is 5.95 Å². The molecule has 242 valence electrons. The molecular formula is C29H38ClN9O6. The van der Waals surface area contributed by atoms with Gasteiger partial charge in [0.1, 0.15) is 17.5 Å². The number of carbonyl (C=O) groups is 2. The highest BCUT2D eigenvalue weighted by Crippen LogP contribution is 2.37. The highest BCUT2D eigenvalue weighted by molar-refractivity contribution is 6.32. The number of halogens is 1. The standard InChI is InChI=1S/C29H38ClN9O6/c1-29(2,3)45-26(40)18-15-32-7-8-39(18)24-16-13-19(42-4)20(43-5)14-17(16)33-28(36-24)38-11-9-37(10-12-38)25-22(30)34-21(23(31)35-25)27(41)44-6/h13-14,18,32H,7-12,15H2,1-6H3,(H2,31,35). The van der Waals surface area contributed by atoms with Crippen molar-refractivity contribution in [2.45, 2.75) is 32.4 Å². The molecule has 15 nitrogen and oxygen atoms in total. The molecule has 0 bridgehead atoms. The van der Waals surface area contributed by atoms with Crippen molar-refractivity contribution >= 4 is 57.8 Å². The summed E-state index contributed by atoms with van der Waals surface area (Å²) in [6.07, 6.45) is 0. The Morgan fingerprint density at radius 2 is 1.60 bits per heavy atom. The fraction of sp³-hybridized carbons (Fsp3) is 0.517. The topological polar surface area (TPSA) is 170 Å². The van der Waals surface area contributed by atoms with Gasteiger partial charge in [0.15, 0.2) is 34.0 Å².